The first kappa shape index (κ1) is 16.7. The fourth-order valence-corrected chi connectivity index (χ4v) is 3.45. The van der Waals surface area contributed by atoms with Crippen LogP contribution in [0.25, 0.3) is 16.6 Å². The van der Waals surface area contributed by atoms with Crippen molar-refractivity contribution >= 4 is 16.8 Å². The molecule has 3 heterocycles. The van der Waals surface area contributed by atoms with Crippen molar-refractivity contribution in [2.45, 2.75) is 19.8 Å². The Balaban J connectivity index is 1.56. The summed E-state index contributed by atoms with van der Waals surface area (Å²) in [5.74, 6) is 0.304. The van der Waals surface area contributed by atoms with E-state index >= 15 is 0 Å². The minimum absolute atomic E-state index is 0.174. The standard InChI is InChI=1S/C19H22N6O/c1-13-17(19(26)22-12-14-5-3-9-20-11-14)23-24-25(13)16-8-2-6-15-7-4-10-21-18(15)16/h2,4,6-8,10,14,20H,3,5,9,11-12H2,1H3,(H,22,26). The lowest BCUT2D eigenvalue weighted by Gasteiger charge is -2.22. The highest BCUT2D eigenvalue weighted by atomic mass is 16.2. The monoisotopic (exact) mass is 350 g/mol. The number of carbonyl (C=O) groups is 1. The van der Waals surface area contributed by atoms with E-state index in [9.17, 15) is 4.79 Å². The van der Waals surface area contributed by atoms with Crippen LogP contribution in [0, 0.1) is 12.8 Å². The summed E-state index contributed by atoms with van der Waals surface area (Å²) < 4.78 is 1.69. The van der Waals surface area contributed by atoms with Gasteiger partial charge in [-0.25, -0.2) is 4.68 Å². The van der Waals surface area contributed by atoms with Gasteiger partial charge in [-0.3, -0.25) is 9.78 Å². The summed E-state index contributed by atoms with van der Waals surface area (Å²) in [6.07, 6.45) is 4.05. The van der Waals surface area contributed by atoms with E-state index in [0.717, 1.165) is 42.5 Å². The molecule has 134 valence electrons. The molecule has 2 aromatic heterocycles. The van der Waals surface area contributed by atoms with E-state index in [1.165, 1.54) is 0 Å². The fraction of sp³-hybridized carbons (Fsp3) is 0.368. The van der Waals surface area contributed by atoms with Crippen molar-refractivity contribution in [3.8, 4) is 5.69 Å². The van der Waals surface area contributed by atoms with E-state index < -0.39 is 0 Å². The molecule has 1 aromatic carbocycles. The van der Waals surface area contributed by atoms with Crippen LogP contribution >= 0.6 is 0 Å². The molecule has 0 saturated carbocycles. The average Bonchev–Trinajstić information content (AvgIpc) is 3.08. The molecule has 1 fully saturated rings. The normalized spacial score (nSPS) is 17.3. The van der Waals surface area contributed by atoms with Crippen molar-refractivity contribution in [3.05, 3.63) is 47.9 Å². The van der Waals surface area contributed by atoms with E-state index in [4.69, 9.17) is 0 Å². The zero-order chi connectivity index (χ0) is 17.9. The van der Waals surface area contributed by atoms with Crippen molar-refractivity contribution < 1.29 is 4.79 Å². The number of hydrogen-bond acceptors (Lipinski definition) is 5. The van der Waals surface area contributed by atoms with Crippen molar-refractivity contribution in [2.75, 3.05) is 19.6 Å². The molecule has 1 saturated heterocycles. The highest BCUT2D eigenvalue weighted by molar-refractivity contribution is 5.93. The van der Waals surface area contributed by atoms with E-state index in [2.05, 4.69) is 25.9 Å². The largest absolute Gasteiger partial charge is 0.350 e. The Hall–Kier alpha value is -2.80. The van der Waals surface area contributed by atoms with E-state index in [0.29, 0.717) is 23.9 Å². The van der Waals surface area contributed by atoms with Gasteiger partial charge in [0, 0.05) is 18.1 Å². The molecule has 1 atom stereocenters. The molecule has 0 bridgehead atoms. The third-order valence-corrected chi connectivity index (χ3v) is 4.90. The predicted octanol–water partition coefficient (Wildman–Crippen LogP) is 1.85. The Labute approximate surface area is 151 Å². The third-order valence-electron chi connectivity index (χ3n) is 4.90. The number of hydrogen-bond donors (Lipinski definition) is 2. The number of pyridine rings is 1. The van der Waals surface area contributed by atoms with Crippen LogP contribution in [0.3, 0.4) is 0 Å². The van der Waals surface area contributed by atoms with Gasteiger partial charge in [0.05, 0.1) is 16.9 Å². The van der Waals surface area contributed by atoms with Crippen LogP contribution in [0.2, 0.25) is 0 Å². The van der Waals surface area contributed by atoms with Gasteiger partial charge >= 0.3 is 0 Å². The Bertz CT molecular complexity index is 923. The maximum absolute atomic E-state index is 12.6. The van der Waals surface area contributed by atoms with Gasteiger partial charge in [0.15, 0.2) is 5.69 Å². The molecule has 26 heavy (non-hydrogen) atoms. The van der Waals surface area contributed by atoms with Gasteiger partial charge in [-0.15, -0.1) is 5.10 Å². The van der Waals surface area contributed by atoms with Gasteiger partial charge < -0.3 is 10.6 Å². The number of nitrogens with one attached hydrogen (secondary N) is 2. The van der Waals surface area contributed by atoms with Crippen LogP contribution in [0.5, 0.6) is 0 Å². The Morgan fingerprint density at radius 1 is 1.35 bits per heavy atom. The summed E-state index contributed by atoms with van der Waals surface area (Å²) in [6, 6.07) is 9.80. The first-order valence-corrected chi connectivity index (χ1v) is 8.99. The van der Waals surface area contributed by atoms with Crippen LogP contribution in [0.15, 0.2) is 36.5 Å². The molecule has 1 aliphatic rings. The first-order chi connectivity index (χ1) is 12.7. The molecule has 3 aromatic rings. The van der Waals surface area contributed by atoms with Gasteiger partial charge in [-0.2, -0.15) is 0 Å². The number of carbonyl (C=O) groups excluding carboxylic acids is 1. The number of amides is 1. The smallest absolute Gasteiger partial charge is 0.273 e. The molecule has 0 spiro atoms. The van der Waals surface area contributed by atoms with Crippen LogP contribution in [0.1, 0.15) is 29.0 Å². The zero-order valence-corrected chi connectivity index (χ0v) is 14.8. The summed E-state index contributed by atoms with van der Waals surface area (Å²) in [7, 11) is 0. The van der Waals surface area contributed by atoms with Crippen molar-refractivity contribution in [2.24, 2.45) is 5.92 Å². The van der Waals surface area contributed by atoms with Gasteiger partial charge in [0.1, 0.15) is 0 Å². The number of piperidine rings is 1. The molecule has 2 N–H and O–H groups in total. The highest BCUT2D eigenvalue weighted by Gasteiger charge is 2.20. The number of fused-ring (bicyclic) bond motifs is 1. The number of para-hydroxylation sites is 1. The lowest BCUT2D eigenvalue weighted by atomic mass is 10.00. The van der Waals surface area contributed by atoms with Gasteiger partial charge in [0.2, 0.25) is 0 Å². The minimum atomic E-state index is -0.174. The van der Waals surface area contributed by atoms with Crippen molar-refractivity contribution in [3.63, 3.8) is 0 Å². The topological polar surface area (TPSA) is 84.7 Å². The van der Waals surface area contributed by atoms with E-state index in [1.54, 1.807) is 10.9 Å². The molecular weight excluding hydrogens is 328 g/mol. The molecule has 1 amide bonds. The summed E-state index contributed by atoms with van der Waals surface area (Å²) in [6.45, 7) is 4.54. The quantitative estimate of drug-likeness (QED) is 0.750. The Morgan fingerprint density at radius 3 is 3.08 bits per heavy atom. The van der Waals surface area contributed by atoms with E-state index in [1.807, 2.05) is 37.3 Å². The first-order valence-electron chi connectivity index (χ1n) is 8.99. The maximum Gasteiger partial charge on any atom is 0.273 e. The van der Waals surface area contributed by atoms with Crippen LogP contribution in [-0.2, 0) is 0 Å². The third kappa shape index (κ3) is 3.17. The lowest BCUT2D eigenvalue weighted by Crippen LogP contribution is -2.38. The van der Waals surface area contributed by atoms with Gasteiger partial charge in [-0.05, 0) is 50.9 Å². The number of nitrogens with zero attached hydrogens (tertiary/aromatic N) is 4. The highest BCUT2D eigenvalue weighted by Crippen LogP contribution is 2.21. The van der Waals surface area contributed by atoms with Crippen LogP contribution in [0.4, 0.5) is 0 Å². The van der Waals surface area contributed by atoms with Crippen molar-refractivity contribution in [1.29, 1.82) is 0 Å². The summed E-state index contributed by atoms with van der Waals surface area (Å²) in [4.78, 5) is 17.0. The second-order valence-electron chi connectivity index (χ2n) is 6.71. The van der Waals surface area contributed by atoms with Gasteiger partial charge in [-0.1, -0.05) is 23.4 Å². The van der Waals surface area contributed by atoms with Gasteiger partial charge in [0.25, 0.3) is 5.91 Å². The maximum atomic E-state index is 12.6. The van der Waals surface area contributed by atoms with E-state index in [-0.39, 0.29) is 5.91 Å². The number of rotatable bonds is 4. The van der Waals surface area contributed by atoms with Crippen LogP contribution in [-0.4, -0.2) is 45.5 Å². The summed E-state index contributed by atoms with van der Waals surface area (Å²) in [5.41, 5.74) is 2.73. The summed E-state index contributed by atoms with van der Waals surface area (Å²) in [5, 5.41) is 15.7. The minimum Gasteiger partial charge on any atom is -0.350 e. The Morgan fingerprint density at radius 2 is 2.23 bits per heavy atom. The molecule has 1 aliphatic heterocycles. The lowest BCUT2D eigenvalue weighted by molar-refractivity contribution is 0.0939. The zero-order valence-electron chi connectivity index (χ0n) is 14.8. The molecular formula is C19H22N6O. The van der Waals surface area contributed by atoms with Crippen LogP contribution < -0.4 is 10.6 Å². The SMILES string of the molecule is Cc1c(C(=O)NCC2CCCNC2)nnn1-c1cccc2cccnc12. The number of benzene rings is 1. The average molecular weight is 350 g/mol. The molecule has 1 unspecified atom stereocenters. The molecule has 0 aliphatic carbocycles. The molecule has 7 heteroatoms. The second kappa shape index (κ2) is 7.21. The molecule has 0 radical (unpaired) electrons. The Kier molecular flexibility index (Phi) is 4.62. The van der Waals surface area contributed by atoms with Crippen molar-refractivity contribution in [1.82, 2.24) is 30.6 Å². The summed E-state index contributed by atoms with van der Waals surface area (Å²) >= 11 is 0. The molecule has 4 rings (SSSR count). The number of aromatic nitrogens is 4. The predicted molar refractivity (Wildman–Crippen MR) is 99.3 cm³/mol. The second-order valence-corrected chi connectivity index (χ2v) is 6.71. The molecule has 7 nitrogen and oxygen atoms in total. The fourth-order valence-electron chi connectivity index (χ4n) is 3.45.